The van der Waals surface area contributed by atoms with E-state index in [4.69, 9.17) is 0 Å². The Bertz CT molecular complexity index is 648. The SMILES string of the molecule is Cc1[nH]ncc1C(=O)N1CCN(CC(O)c2ccccc2)CC1. The average Bonchev–Trinajstić information content (AvgIpc) is 3.02. The zero-order valence-corrected chi connectivity index (χ0v) is 13.3. The van der Waals surface area contributed by atoms with Crippen molar-refractivity contribution < 1.29 is 9.90 Å². The van der Waals surface area contributed by atoms with E-state index in [-0.39, 0.29) is 5.91 Å². The summed E-state index contributed by atoms with van der Waals surface area (Å²) in [4.78, 5) is 16.5. The molecular weight excluding hydrogens is 292 g/mol. The molecule has 2 N–H and O–H groups in total. The minimum Gasteiger partial charge on any atom is -0.387 e. The number of amides is 1. The number of nitrogens with zero attached hydrogens (tertiary/aromatic N) is 3. The molecule has 0 spiro atoms. The molecule has 1 aliphatic rings. The van der Waals surface area contributed by atoms with Crippen molar-refractivity contribution in [1.82, 2.24) is 20.0 Å². The molecule has 122 valence electrons. The normalized spacial score (nSPS) is 17.2. The third kappa shape index (κ3) is 3.60. The van der Waals surface area contributed by atoms with Crippen LogP contribution in [0.4, 0.5) is 0 Å². The highest BCUT2D eigenvalue weighted by atomic mass is 16.3. The van der Waals surface area contributed by atoms with Gasteiger partial charge in [-0.25, -0.2) is 0 Å². The van der Waals surface area contributed by atoms with Crippen LogP contribution in [-0.2, 0) is 0 Å². The average molecular weight is 314 g/mol. The molecule has 1 amide bonds. The maximum Gasteiger partial charge on any atom is 0.257 e. The highest BCUT2D eigenvalue weighted by molar-refractivity contribution is 5.95. The van der Waals surface area contributed by atoms with E-state index in [9.17, 15) is 9.90 Å². The smallest absolute Gasteiger partial charge is 0.257 e. The molecule has 1 aromatic carbocycles. The van der Waals surface area contributed by atoms with Crippen molar-refractivity contribution in [2.75, 3.05) is 32.7 Å². The first kappa shape index (κ1) is 15.7. The lowest BCUT2D eigenvalue weighted by molar-refractivity contribution is 0.0527. The van der Waals surface area contributed by atoms with Gasteiger partial charge >= 0.3 is 0 Å². The lowest BCUT2D eigenvalue weighted by Crippen LogP contribution is -2.49. The summed E-state index contributed by atoms with van der Waals surface area (Å²) in [5.74, 6) is 0.0273. The number of β-amino-alcohol motifs (C(OH)–C–C–N with tert-alkyl or cyclic N) is 1. The van der Waals surface area contributed by atoms with Crippen LogP contribution in [-0.4, -0.2) is 63.7 Å². The van der Waals surface area contributed by atoms with E-state index in [0.29, 0.717) is 25.2 Å². The van der Waals surface area contributed by atoms with Gasteiger partial charge in [-0.05, 0) is 12.5 Å². The minimum absolute atomic E-state index is 0.0273. The number of carbonyl (C=O) groups excluding carboxylic acids is 1. The topological polar surface area (TPSA) is 72.5 Å². The Balaban J connectivity index is 1.53. The minimum atomic E-state index is -0.491. The number of H-pyrrole nitrogens is 1. The van der Waals surface area contributed by atoms with Gasteiger partial charge in [0.1, 0.15) is 0 Å². The summed E-state index contributed by atoms with van der Waals surface area (Å²) in [6.45, 7) is 5.33. The number of hydrogen-bond donors (Lipinski definition) is 2. The number of piperazine rings is 1. The van der Waals surface area contributed by atoms with Crippen molar-refractivity contribution in [3.8, 4) is 0 Å². The molecule has 1 unspecified atom stereocenters. The van der Waals surface area contributed by atoms with Crippen molar-refractivity contribution >= 4 is 5.91 Å². The number of hydrogen-bond acceptors (Lipinski definition) is 4. The van der Waals surface area contributed by atoms with Gasteiger partial charge in [0, 0.05) is 38.4 Å². The van der Waals surface area contributed by atoms with Crippen LogP contribution < -0.4 is 0 Å². The predicted octanol–water partition coefficient (Wildman–Crippen LogP) is 1.21. The molecule has 0 radical (unpaired) electrons. The standard InChI is InChI=1S/C17H22N4O2/c1-13-15(11-18-19-13)17(23)21-9-7-20(8-10-21)12-16(22)14-5-3-2-4-6-14/h2-6,11,16,22H,7-10,12H2,1H3,(H,18,19). The molecule has 1 fully saturated rings. The van der Waals surface area contributed by atoms with Gasteiger partial charge in [-0.1, -0.05) is 30.3 Å². The van der Waals surface area contributed by atoms with Gasteiger partial charge in [0.2, 0.25) is 0 Å². The predicted molar refractivity (Wildman–Crippen MR) is 87.1 cm³/mol. The summed E-state index contributed by atoms with van der Waals surface area (Å²) >= 11 is 0. The molecule has 2 aromatic rings. The van der Waals surface area contributed by atoms with Crippen molar-refractivity contribution in [2.45, 2.75) is 13.0 Å². The van der Waals surface area contributed by atoms with Crippen LogP contribution >= 0.6 is 0 Å². The van der Waals surface area contributed by atoms with E-state index in [1.54, 1.807) is 6.20 Å². The number of benzene rings is 1. The number of nitrogens with one attached hydrogen (secondary N) is 1. The molecule has 6 heteroatoms. The van der Waals surface area contributed by atoms with Gasteiger partial charge < -0.3 is 10.0 Å². The van der Waals surface area contributed by atoms with Crippen LogP contribution in [0.15, 0.2) is 36.5 Å². The van der Waals surface area contributed by atoms with E-state index >= 15 is 0 Å². The third-order valence-electron chi connectivity index (χ3n) is 4.34. The second-order valence-electron chi connectivity index (χ2n) is 5.93. The molecule has 1 aliphatic heterocycles. The van der Waals surface area contributed by atoms with E-state index in [1.165, 1.54) is 0 Å². The van der Waals surface area contributed by atoms with Crippen molar-refractivity contribution in [3.05, 3.63) is 53.3 Å². The van der Waals surface area contributed by atoms with Crippen LogP contribution in [0.5, 0.6) is 0 Å². The molecule has 0 saturated carbocycles. The number of carbonyl (C=O) groups is 1. The highest BCUT2D eigenvalue weighted by Gasteiger charge is 2.25. The number of aromatic nitrogens is 2. The Morgan fingerprint density at radius 1 is 1.26 bits per heavy atom. The van der Waals surface area contributed by atoms with Crippen LogP contribution in [0.3, 0.4) is 0 Å². The number of aliphatic hydroxyl groups is 1. The van der Waals surface area contributed by atoms with Crippen LogP contribution in [0.25, 0.3) is 0 Å². The highest BCUT2D eigenvalue weighted by Crippen LogP contribution is 2.16. The molecule has 3 rings (SSSR count). The maximum absolute atomic E-state index is 12.4. The number of aryl methyl sites for hydroxylation is 1. The molecule has 1 aromatic heterocycles. The lowest BCUT2D eigenvalue weighted by atomic mass is 10.1. The Hall–Kier alpha value is -2.18. The fourth-order valence-corrected chi connectivity index (χ4v) is 2.90. The molecular formula is C17H22N4O2. The van der Waals surface area contributed by atoms with E-state index in [2.05, 4.69) is 15.1 Å². The Morgan fingerprint density at radius 3 is 2.57 bits per heavy atom. The fraction of sp³-hybridized carbons (Fsp3) is 0.412. The largest absolute Gasteiger partial charge is 0.387 e. The quantitative estimate of drug-likeness (QED) is 0.890. The Morgan fingerprint density at radius 2 is 1.96 bits per heavy atom. The zero-order chi connectivity index (χ0) is 16.2. The second kappa shape index (κ2) is 6.93. The van der Waals surface area contributed by atoms with Crippen LogP contribution in [0.1, 0.15) is 27.7 Å². The van der Waals surface area contributed by atoms with Gasteiger partial charge in [0.25, 0.3) is 5.91 Å². The first-order chi connectivity index (χ1) is 11.1. The summed E-state index contributed by atoms with van der Waals surface area (Å²) in [6, 6.07) is 9.68. The monoisotopic (exact) mass is 314 g/mol. The summed E-state index contributed by atoms with van der Waals surface area (Å²) in [5.41, 5.74) is 2.37. The van der Waals surface area contributed by atoms with Gasteiger partial charge in [0.05, 0.1) is 17.9 Å². The summed E-state index contributed by atoms with van der Waals surface area (Å²) < 4.78 is 0. The number of rotatable bonds is 4. The van der Waals surface area contributed by atoms with Crippen molar-refractivity contribution in [2.24, 2.45) is 0 Å². The van der Waals surface area contributed by atoms with Gasteiger partial charge in [-0.2, -0.15) is 5.10 Å². The van der Waals surface area contributed by atoms with E-state index in [0.717, 1.165) is 24.3 Å². The van der Waals surface area contributed by atoms with Gasteiger partial charge in [-0.15, -0.1) is 0 Å². The second-order valence-corrected chi connectivity index (χ2v) is 5.93. The fourth-order valence-electron chi connectivity index (χ4n) is 2.90. The summed E-state index contributed by atoms with van der Waals surface area (Å²) in [5, 5.41) is 17.0. The van der Waals surface area contributed by atoms with Crippen LogP contribution in [0.2, 0.25) is 0 Å². The first-order valence-corrected chi connectivity index (χ1v) is 7.90. The van der Waals surface area contributed by atoms with Gasteiger partial charge in [0.15, 0.2) is 0 Å². The molecule has 1 saturated heterocycles. The van der Waals surface area contributed by atoms with Gasteiger partial charge in [-0.3, -0.25) is 14.8 Å². The van der Waals surface area contributed by atoms with Crippen molar-refractivity contribution in [1.29, 1.82) is 0 Å². The Labute approximate surface area is 135 Å². The summed E-state index contributed by atoms with van der Waals surface area (Å²) in [6.07, 6.45) is 1.10. The summed E-state index contributed by atoms with van der Waals surface area (Å²) in [7, 11) is 0. The molecule has 2 heterocycles. The molecule has 0 aliphatic carbocycles. The van der Waals surface area contributed by atoms with Crippen molar-refractivity contribution in [3.63, 3.8) is 0 Å². The Kier molecular flexibility index (Phi) is 4.73. The molecule has 0 bridgehead atoms. The zero-order valence-electron chi connectivity index (χ0n) is 13.3. The van der Waals surface area contributed by atoms with E-state index < -0.39 is 6.10 Å². The van der Waals surface area contributed by atoms with E-state index in [1.807, 2.05) is 42.2 Å². The molecule has 6 nitrogen and oxygen atoms in total. The molecule has 1 atom stereocenters. The first-order valence-electron chi connectivity index (χ1n) is 7.90. The number of aliphatic hydroxyl groups excluding tert-OH is 1. The third-order valence-corrected chi connectivity index (χ3v) is 4.34. The molecule has 23 heavy (non-hydrogen) atoms. The lowest BCUT2D eigenvalue weighted by Gasteiger charge is -2.35. The van der Waals surface area contributed by atoms with Crippen LogP contribution in [0, 0.1) is 6.92 Å². The number of aromatic amines is 1. The maximum atomic E-state index is 12.4.